The zero-order valence-corrected chi connectivity index (χ0v) is 39.1. The van der Waals surface area contributed by atoms with E-state index < -0.39 is 0 Å². The third-order valence-corrected chi connectivity index (χ3v) is 15.9. The van der Waals surface area contributed by atoms with E-state index in [0.717, 1.165) is 0 Å². The van der Waals surface area contributed by atoms with Crippen LogP contribution in [0.15, 0.2) is 140 Å². The smallest absolute Gasteiger partial charge is 0.252 e. The van der Waals surface area contributed by atoms with E-state index in [-0.39, 0.29) is 28.4 Å². The van der Waals surface area contributed by atoms with E-state index in [1.807, 2.05) is 0 Å². The molecule has 0 fully saturated rings. The lowest BCUT2D eigenvalue weighted by Gasteiger charge is -2.48. The van der Waals surface area contributed by atoms with Crippen LogP contribution < -0.4 is 26.2 Å². The van der Waals surface area contributed by atoms with Gasteiger partial charge in [0.15, 0.2) is 0 Å². The molecule has 4 aliphatic rings. The highest BCUT2D eigenvalue weighted by atomic mass is 15.2. The normalized spacial score (nSPS) is 18.2. The first-order valence-corrected chi connectivity index (χ1v) is 23.5. The molecule has 0 saturated carbocycles. The third kappa shape index (κ3) is 6.20. The summed E-state index contributed by atoms with van der Waals surface area (Å²) in [6.45, 7) is 24.4. The fourth-order valence-corrected chi connectivity index (χ4v) is 11.9. The zero-order chi connectivity index (χ0) is 43.8. The van der Waals surface area contributed by atoms with E-state index in [1.54, 1.807) is 0 Å². The van der Waals surface area contributed by atoms with E-state index in [4.69, 9.17) is 0 Å². The van der Waals surface area contributed by atoms with Crippen LogP contribution in [-0.2, 0) is 21.7 Å². The molecule has 63 heavy (non-hydrogen) atoms. The number of nitrogens with zero attached hydrogens (tertiary/aromatic N) is 2. The van der Waals surface area contributed by atoms with Gasteiger partial charge in [0.1, 0.15) is 0 Å². The molecule has 0 bridgehead atoms. The van der Waals surface area contributed by atoms with Crippen molar-refractivity contribution in [2.75, 3.05) is 9.80 Å². The number of rotatable bonds is 4. The molecule has 7 aromatic carbocycles. The molecular weight excluding hydrogens is 759 g/mol. The first-order chi connectivity index (χ1) is 30.0. The van der Waals surface area contributed by atoms with E-state index in [1.165, 1.54) is 132 Å². The van der Waals surface area contributed by atoms with Crippen molar-refractivity contribution in [3.8, 4) is 22.3 Å². The largest absolute Gasteiger partial charge is 0.311 e. The fraction of sp³-hybridized carbons (Fsp3) is 0.300. The van der Waals surface area contributed by atoms with Gasteiger partial charge in [-0.25, -0.2) is 0 Å². The number of fused-ring (bicyclic) bond motifs is 6. The minimum atomic E-state index is 0.0506. The number of benzene rings is 7. The first-order valence-electron chi connectivity index (χ1n) is 23.5. The lowest BCUT2D eigenvalue weighted by molar-refractivity contribution is 0.332. The van der Waals surface area contributed by atoms with Gasteiger partial charge in [-0.15, -0.1) is 0 Å². The summed E-state index contributed by atoms with van der Waals surface area (Å²) in [5.41, 5.74) is 25.6. The van der Waals surface area contributed by atoms with Gasteiger partial charge >= 0.3 is 0 Å². The Hall–Kier alpha value is -5.80. The number of hydrogen-bond acceptors (Lipinski definition) is 2. The van der Waals surface area contributed by atoms with E-state index in [9.17, 15) is 0 Å². The Morgan fingerprint density at radius 1 is 0.381 bits per heavy atom. The van der Waals surface area contributed by atoms with E-state index in [2.05, 4.69) is 219 Å². The summed E-state index contributed by atoms with van der Waals surface area (Å²) < 4.78 is 0. The van der Waals surface area contributed by atoms with Crippen LogP contribution in [0.4, 0.5) is 34.1 Å². The molecule has 7 aromatic rings. The van der Waals surface area contributed by atoms with Crippen LogP contribution in [-0.4, -0.2) is 6.71 Å². The van der Waals surface area contributed by atoms with Crippen molar-refractivity contribution in [1.82, 2.24) is 0 Å². The minimum Gasteiger partial charge on any atom is -0.311 e. The Kier molecular flexibility index (Phi) is 8.80. The Balaban J connectivity index is 1.24. The predicted molar refractivity (Wildman–Crippen MR) is 271 cm³/mol. The molecule has 11 rings (SSSR count). The minimum absolute atomic E-state index is 0.0506. The summed E-state index contributed by atoms with van der Waals surface area (Å²) >= 11 is 0. The first kappa shape index (κ1) is 40.0. The molecule has 2 heterocycles. The average Bonchev–Trinajstić information content (AvgIpc) is 3.27. The molecule has 0 spiro atoms. The molecule has 314 valence electrons. The predicted octanol–water partition coefficient (Wildman–Crippen LogP) is 14.4. The van der Waals surface area contributed by atoms with Gasteiger partial charge in [0.05, 0.1) is 0 Å². The summed E-state index contributed by atoms with van der Waals surface area (Å²) in [6.07, 6.45) is 4.75. The standard InChI is InChI=1S/C60H61BN2/c1-38-31-54-56-55(32-38)63(51-33-42(22-21-39(51)2)40-17-13-11-14-18-40)52-34-43(41-19-15-12-16-20-41)23-26-49(52)61(56)50-36-47-48(60(9,10)30-29-59(47,7)8)37-53(50)62(54)44-24-25-45-46(35-44)58(5,6)28-27-57(45,3)4/h11-26,31-37H,27-30H2,1-10H3. The molecule has 2 aliphatic heterocycles. The molecule has 0 unspecified atom stereocenters. The highest BCUT2D eigenvalue weighted by molar-refractivity contribution is 7.00. The molecule has 0 atom stereocenters. The number of anilines is 6. The second kappa shape index (κ2) is 13.9. The number of hydrogen-bond donors (Lipinski definition) is 0. The van der Waals surface area contributed by atoms with Gasteiger partial charge in [-0.2, -0.15) is 0 Å². The van der Waals surface area contributed by atoms with Crippen molar-refractivity contribution < 1.29 is 0 Å². The van der Waals surface area contributed by atoms with Gasteiger partial charge in [-0.05, 0) is 176 Å². The van der Waals surface area contributed by atoms with E-state index >= 15 is 0 Å². The topological polar surface area (TPSA) is 6.48 Å². The molecular formula is C60H61BN2. The summed E-state index contributed by atoms with van der Waals surface area (Å²) in [6, 6.07) is 54.0. The highest BCUT2D eigenvalue weighted by Gasteiger charge is 2.47. The Bertz CT molecular complexity index is 2990. The molecule has 0 N–H and O–H groups in total. The van der Waals surface area contributed by atoms with Crippen LogP contribution in [0.1, 0.15) is 114 Å². The molecule has 0 aromatic heterocycles. The van der Waals surface area contributed by atoms with Gasteiger partial charge in [-0.3, -0.25) is 0 Å². The van der Waals surface area contributed by atoms with E-state index in [0.29, 0.717) is 0 Å². The van der Waals surface area contributed by atoms with Crippen LogP contribution in [0, 0.1) is 13.8 Å². The molecule has 0 radical (unpaired) electrons. The van der Waals surface area contributed by atoms with Crippen molar-refractivity contribution in [1.29, 1.82) is 0 Å². The van der Waals surface area contributed by atoms with Gasteiger partial charge in [0.25, 0.3) is 6.71 Å². The van der Waals surface area contributed by atoms with Crippen molar-refractivity contribution in [2.24, 2.45) is 0 Å². The Morgan fingerprint density at radius 2 is 0.873 bits per heavy atom. The zero-order valence-electron chi connectivity index (χ0n) is 39.1. The maximum atomic E-state index is 2.68. The summed E-state index contributed by atoms with van der Waals surface area (Å²) in [5.74, 6) is 0. The average molecular weight is 821 g/mol. The highest BCUT2D eigenvalue weighted by Crippen LogP contribution is 2.53. The maximum absolute atomic E-state index is 2.68. The second-order valence-corrected chi connectivity index (χ2v) is 22.0. The lowest BCUT2D eigenvalue weighted by Crippen LogP contribution is -2.62. The van der Waals surface area contributed by atoms with Crippen molar-refractivity contribution >= 4 is 57.2 Å². The van der Waals surface area contributed by atoms with Crippen LogP contribution in [0.25, 0.3) is 22.3 Å². The lowest BCUT2D eigenvalue weighted by atomic mass is 9.33. The van der Waals surface area contributed by atoms with Gasteiger partial charge in [0, 0.05) is 34.1 Å². The molecule has 2 nitrogen and oxygen atoms in total. The summed E-state index contributed by atoms with van der Waals surface area (Å²) in [5, 5.41) is 0. The van der Waals surface area contributed by atoms with Crippen LogP contribution in [0.3, 0.4) is 0 Å². The Labute approximate surface area is 377 Å². The van der Waals surface area contributed by atoms with Crippen LogP contribution in [0.2, 0.25) is 0 Å². The Morgan fingerprint density at radius 3 is 1.48 bits per heavy atom. The van der Waals surface area contributed by atoms with Gasteiger partial charge < -0.3 is 9.80 Å². The molecule has 0 amide bonds. The van der Waals surface area contributed by atoms with Gasteiger partial charge in [-0.1, -0.05) is 152 Å². The molecule has 0 saturated heterocycles. The maximum Gasteiger partial charge on any atom is 0.252 e. The van der Waals surface area contributed by atoms with Crippen molar-refractivity contribution in [3.05, 3.63) is 173 Å². The fourth-order valence-electron chi connectivity index (χ4n) is 11.9. The SMILES string of the molecule is Cc1cc2c3c(c1)N(c1cc(-c4ccccc4)ccc1C)c1cc(-c4ccccc4)ccc1B3c1cc3c(cc1N2c1ccc2c(c1)C(C)(C)CCC2(C)C)C(C)(C)CCC3(C)C. The third-order valence-electron chi connectivity index (χ3n) is 15.9. The molecule has 2 aliphatic carbocycles. The van der Waals surface area contributed by atoms with Crippen LogP contribution in [0.5, 0.6) is 0 Å². The number of aryl methyl sites for hydroxylation is 2. The second-order valence-electron chi connectivity index (χ2n) is 22.0. The van der Waals surface area contributed by atoms with Crippen molar-refractivity contribution in [2.45, 2.75) is 117 Å². The van der Waals surface area contributed by atoms with Crippen LogP contribution >= 0.6 is 0 Å². The molecule has 3 heteroatoms. The van der Waals surface area contributed by atoms with Gasteiger partial charge in [0.2, 0.25) is 0 Å². The summed E-state index contributed by atoms with van der Waals surface area (Å²) in [4.78, 5) is 5.31. The summed E-state index contributed by atoms with van der Waals surface area (Å²) in [7, 11) is 0. The van der Waals surface area contributed by atoms with Crippen molar-refractivity contribution in [3.63, 3.8) is 0 Å². The monoisotopic (exact) mass is 820 g/mol. The quantitative estimate of drug-likeness (QED) is 0.163.